The fraction of sp³-hybridized carbons (Fsp3) is 0. The number of aromatic nitrogens is 16. The number of nitrogens with zero attached hydrogens (tertiary/aromatic N) is 16. The summed E-state index contributed by atoms with van der Waals surface area (Å²) in [7, 11) is 0. The summed E-state index contributed by atoms with van der Waals surface area (Å²) in [5, 5.41) is 25.0. The maximum atomic E-state index is 5.10. The number of para-hydroxylation sites is 6. The van der Waals surface area contributed by atoms with Crippen LogP contribution in [0.1, 0.15) is 0 Å². The first-order valence-corrected chi connectivity index (χ1v) is 46.0. The molecule has 18 aromatic carbocycles. The number of rotatable bonds is 15. The average Bonchev–Trinajstić information content (AvgIpc) is 1.57. The highest BCUT2D eigenvalue weighted by molar-refractivity contribution is 6.21. The van der Waals surface area contributed by atoms with Crippen LogP contribution in [-0.2, 0) is 0 Å². The molecule has 16 nitrogen and oxygen atoms in total. The Morgan fingerprint density at radius 2 is 0.377 bits per heavy atom. The monoisotopic (exact) mass is 1770 g/mol. The molecule has 0 aliphatic heterocycles. The van der Waals surface area contributed by atoms with Gasteiger partial charge in [0.05, 0.1) is 108 Å². The van der Waals surface area contributed by atoms with Gasteiger partial charge >= 0.3 is 0 Å². The molecule has 27 aromatic rings. The third kappa shape index (κ3) is 14.8. The van der Waals surface area contributed by atoms with E-state index in [9.17, 15) is 0 Å². The van der Waals surface area contributed by atoms with Crippen molar-refractivity contribution >= 4 is 98.1 Å². The molecule has 648 valence electrons. The summed E-state index contributed by atoms with van der Waals surface area (Å²) in [4.78, 5) is 34.8. The van der Waals surface area contributed by atoms with E-state index in [2.05, 4.69) is 293 Å². The fourth-order valence-corrected chi connectivity index (χ4v) is 19.2. The molecule has 0 atom stereocenters. The number of hydrogen-bond acceptors (Lipinski definition) is 10. The summed E-state index contributed by atoms with van der Waals surface area (Å²) in [6, 6.07) is 161. The third-order valence-electron chi connectivity index (χ3n) is 25.7. The van der Waals surface area contributed by atoms with Crippen LogP contribution in [0.25, 0.3) is 234 Å². The molecule has 0 aliphatic rings. The van der Waals surface area contributed by atoms with E-state index in [1.807, 2.05) is 221 Å². The van der Waals surface area contributed by atoms with Gasteiger partial charge in [-0.15, -0.1) is 0 Å². The molecule has 0 aliphatic carbocycles. The van der Waals surface area contributed by atoms with E-state index in [0.717, 1.165) is 173 Å². The second-order valence-electron chi connectivity index (χ2n) is 34.0. The minimum absolute atomic E-state index is 0.632. The van der Waals surface area contributed by atoms with Crippen molar-refractivity contribution in [3.63, 3.8) is 0 Å². The van der Waals surface area contributed by atoms with Gasteiger partial charge in [-0.2, -0.15) is 15.3 Å². The van der Waals surface area contributed by atoms with Gasteiger partial charge in [-0.25, -0.2) is 48.9 Å². The summed E-state index contributed by atoms with van der Waals surface area (Å²) >= 11 is 0. The predicted molar refractivity (Wildman–Crippen MR) is 560 cm³/mol. The van der Waals surface area contributed by atoms with Crippen molar-refractivity contribution in [3.8, 4) is 136 Å². The van der Waals surface area contributed by atoms with Crippen molar-refractivity contribution in [1.29, 1.82) is 0 Å². The van der Waals surface area contributed by atoms with Crippen LogP contribution in [0.2, 0.25) is 0 Å². The van der Waals surface area contributed by atoms with Gasteiger partial charge in [-0.05, 0) is 152 Å². The molecule has 0 bridgehead atoms. The smallest absolute Gasteiger partial charge is 0.164 e. The van der Waals surface area contributed by atoms with Crippen LogP contribution in [0.5, 0.6) is 0 Å². The lowest BCUT2D eigenvalue weighted by Crippen LogP contribution is -2.00. The van der Waals surface area contributed by atoms with Crippen LogP contribution in [0.15, 0.2) is 486 Å². The Morgan fingerprint density at radius 3 is 0.703 bits per heavy atom. The summed E-state index contributed by atoms with van der Waals surface area (Å²) in [5.41, 5.74) is 28.9. The Morgan fingerprint density at radius 1 is 0.138 bits per heavy atom. The first-order valence-electron chi connectivity index (χ1n) is 46.0. The lowest BCUT2D eigenvalue weighted by molar-refractivity contribution is 0.911. The van der Waals surface area contributed by atoms with E-state index in [4.69, 9.17) is 50.2 Å². The van der Waals surface area contributed by atoms with Crippen LogP contribution < -0.4 is 0 Å². The normalized spacial score (nSPS) is 11.5. The van der Waals surface area contributed by atoms with Crippen molar-refractivity contribution in [2.75, 3.05) is 0 Å². The zero-order chi connectivity index (χ0) is 91.4. The van der Waals surface area contributed by atoms with Crippen LogP contribution in [0, 0.1) is 0 Å². The van der Waals surface area contributed by atoms with Crippen LogP contribution >= 0.6 is 0 Å². The molecule has 0 amide bonds. The summed E-state index contributed by atoms with van der Waals surface area (Å²) in [6.07, 6.45) is 5.97. The van der Waals surface area contributed by atoms with E-state index >= 15 is 0 Å². The first-order chi connectivity index (χ1) is 68.4. The van der Waals surface area contributed by atoms with Crippen molar-refractivity contribution in [2.24, 2.45) is 0 Å². The Balaban J connectivity index is 0.000000110. The second kappa shape index (κ2) is 34.9. The lowest BCUT2D eigenvalue weighted by atomic mass is 10.1. The molecule has 9 heterocycles. The zero-order valence-corrected chi connectivity index (χ0v) is 74.3. The van der Waals surface area contributed by atoms with Crippen LogP contribution in [-0.4, -0.2) is 77.9 Å². The quantitative estimate of drug-likeness (QED) is 0.0967. The maximum Gasteiger partial charge on any atom is 0.164 e. The number of hydrogen-bond donors (Lipinski definition) is 0. The van der Waals surface area contributed by atoms with E-state index < -0.39 is 0 Å². The van der Waals surface area contributed by atoms with E-state index in [1.54, 1.807) is 0 Å². The minimum atomic E-state index is 0.632. The molecule has 0 fully saturated rings. The molecule has 0 unspecified atom stereocenters. The molecule has 0 radical (unpaired) electrons. The van der Waals surface area contributed by atoms with Crippen molar-refractivity contribution in [2.45, 2.75) is 0 Å². The number of fused-ring (bicyclic) bond motifs is 15. The first kappa shape index (κ1) is 81.0. The fourth-order valence-electron chi connectivity index (χ4n) is 19.2. The SMILES string of the molecule is c1ccc(-c2cc(-c3ccc(-n4c5ccccc5c5ccc6c(cnn6-c6ccccc6)c54)cc3)nc(-c3ccccc3)n2)cc1.c1ccc(-c2cc(-c3cccc(-n4c5ccccc5c5ccc6c(cnn6-c6ccccc6)c54)c3)nc(-c3ccccc3)n2)cc1.c1ccc(-c2nc(-c3ccccc3)nc(-c3ccc(-n4c5ccccc5c5ccc6c(cnn6-c6ccccc6)c54)cc3)n2)cc1. The highest BCUT2D eigenvalue weighted by Gasteiger charge is 2.25. The molecule has 138 heavy (non-hydrogen) atoms. The third-order valence-corrected chi connectivity index (χ3v) is 25.7. The lowest BCUT2D eigenvalue weighted by Gasteiger charge is -2.12. The van der Waals surface area contributed by atoms with E-state index in [0.29, 0.717) is 29.1 Å². The van der Waals surface area contributed by atoms with Crippen molar-refractivity contribution < 1.29 is 0 Å². The van der Waals surface area contributed by atoms with Gasteiger partial charge in [-0.1, -0.05) is 315 Å². The van der Waals surface area contributed by atoms with Crippen molar-refractivity contribution in [1.82, 2.24) is 77.9 Å². The van der Waals surface area contributed by atoms with Gasteiger partial charge in [-0.3, -0.25) is 0 Å². The minimum Gasteiger partial charge on any atom is -0.309 e. The molecule has 16 heteroatoms. The largest absolute Gasteiger partial charge is 0.309 e. The Bertz CT molecular complexity index is 8680. The summed E-state index contributed by atoms with van der Waals surface area (Å²) in [6.45, 7) is 0. The molecule has 0 saturated heterocycles. The maximum absolute atomic E-state index is 5.10. The molecule has 0 saturated carbocycles. The van der Waals surface area contributed by atoms with Crippen LogP contribution in [0.4, 0.5) is 0 Å². The van der Waals surface area contributed by atoms with E-state index in [1.165, 1.54) is 32.3 Å². The second-order valence-corrected chi connectivity index (χ2v) is 34.0. The van der Waals surface area contributed by atoms with Crippen LogP contribution in [0.3, 0.4) is 0 Å². The van der Waals surface area contributed by atoms with Gasteiger partial charge in [0, 0.05) is 116 Å². The predicted octanol–water partition coefficient (Wildman–Crippen LogP) is 29.1. The molecule has 0 N–H and O–H groups in total. The number of benzene rings is 18. The standard InChI is InChI=1S/2C41H27N5.C40H26N6/c1-4-13-28(14-5-1)36-26-37(44-41(43-36)29-15-6-2-7-16-29)30-17-12-20-32(25-30)45-38-22-11-10-21-33(38)34-23-24-39-35(40(34)45)27-42-46(39)31-18-8-3-9-19-31;1-4-12-28(13-5-1)36-26-37(44-41(43-36)30-14-6-2-7-15-30)29-20-22-31(23-21-29)45-38-19-11-10-18-33(38)34-24-25-39-35(40(34)45)27-42-46(39)32-16-8-3-9-17-32;1-4-12-27(13-5-1)38-42-39(28-14-6-2-7-15-28)44-40(43-38)29-20-22-30(23-21-29)45-35-19-11-10-18-32(35)33-24-25-36-34(37(33)45)26-41-46(36)31-16-8-3-9-17-31/h2*1-27H;1-26H. The van der Waals surface area contributed by atoms with Gasteiger partial charge in [0.25, 0.3) is 0 Å². The molecule has 9 aromatic heterocycles. The van der Waals surface area contributed by atoms with Gasteiger partial charge in [0.1, 0.15) is 0 Å². The highest BCUT2D eigenvalue weighted by Crippen LogP contribution is 2.44. The zero-order valence-electron chi connectivity index (χ0n) is 74.3. The Hall–Kier alpha value is -19.1. The summed E-state index contributed by atoms with van der Waals surface area (Å²) in [5.74, 6) is 3.34. The molecule has 0 spiro atoms. The van der Waals surface area contributed by atoms with Gasteiger partial charge in [0.2, 0.25) is 0 Å². The van der Waals surface area contributed by atoms with Gasteiger partial charge in [0.15, 0.2) is 29.1 Å². The van der Waals surface area contributed by atoms with E-state index in [-0.39, 0.29) is 0 Å². The average molecular weight is 1770 g/mol. The molecular weight excluding hydrogens is 1690 g/mol. The molecule has 27 rings (SSSR count). The van der Waals surface area contributed by atoms with Crippen molar-refractivity contribution in [3.05, 3.63) is 486 Å². The Labute approximate surface area is 792 Å². The molecular formula is C122H80N16. The highest BCUT2D eigenvalue weighted by atomic mass is 15.3. The Kier molecular flexibility index (Phi) is 20.5. The topological polar surface area (TPSA) is 158 Å². The van der Waals surface area contributed by atoms with Gasteiger partial charge < -0.3 is 13.7 Å². The summed E-state index contributed by atoms with van der Waals surface area (Å²) < 4.78 is 13.1.